The minimum atomic E-state index is -0.100. The van der Waals surface area contributed by atoms with Gasteiger partial charge in [0.25, 0.3) is 0 Å². The summed E-state index contributed by atoms with van der Waals surface area (Å²) in [5.41, 5.74) is 0.824. The van der Waals surface area contributed by atoms with Crippen LogP contribution in [0.25, 0.3) is 0 Å². The Kier molecular flexibility index (Phi) is 6.75. The Balaban J connectivity index is 2.64. The molecule has 0 radical (unpaired) electrons. The van der Waals surface area contributed by atoms with Crippen molar-refractivity contribution in [3.05, 3.63) is 34.1 Å². The van der Waals surface area contributed by atoms with Crippen LogP contribution in [0.2, 0.25) is 0 Å². The summed E-state index contributed by atoms with van der Waals surface area (Å²) in [7, 11) is 0. The van der Waals surface area contributed by atoms with Crippen LogP contribution in [-0.4, -0.2) is 13.1 Å². The number of rotatable bonds is 7. The topological polar surface area (TPSA) is 12.0 Å². The monoisotopic (exact) mass is 301 g/mol. The number of hydrogen-bond donors (Lipinski definition) is 1. The molecule has 1 rings (SSSR count). The molecule has 1 unspecified atom stereocenters. The zero-order chi connectivity index (χ0) is 12.7. The minimum absolute atomic E-state index is 0.100. The molecule has 96 valence electrons. The van der Waals surface area contributed by atoms with Crippen molar-refractivity contribution in [2.45, 2.75) is 33.1 Å². The molecule has 0 bridgehead atoms. The van der Waals surface area contributed by atoms with E-state index in [-0.39, 0.29) is 5.82 Å². The molecule has 0 amide bonds. The molecular formula is C14H21BrFN. The molecule has 0 aliphatic heterocycles. The average Bonchev–Trinajstić information content (AvgIpc) is 2.29. The molecule has 0 aliphatic rings. The fourth-order valence-electron chi connectivity index (χ4n) is 2.03. The second-order valence-corrected chi connectivity index (χ2v) is 5.32. The molecule has 17 heavy (non-hydrogen) atoms. The van der Waals surface area contributed by atoms with Crippen molar-refractivity contribution in [3.63, 3.8) is 0 Å². The van der Waals surface area contributed by atoms with Gasteiger partial charge >= 0.3 is 0 Å². The fourth-order valence-corrected chi connectivity index (χ4v) is 2.36. The van der Waals surface area contributed by atoms with Crippen molar-refractivity contribution in [2.75, 3.05) is 13.1 Å². The lowest BCUT2D eigenvalue weighted by molar-refractivity contribution is 0.436. The second kappa shape index (κ2) is 7.83. The summed E-state index contributed by atoms with van der Waals surface area (Å²) in [6.07, 6.45) is 3.11. The summed E-state index contributed by atoms with van der Waals surface area (Å²) >= 11 is 3.28. The molecule has 0 saturated carbocycles. The lowest BCUT2D eigenvalue weighted by Crippen LogP contribution is -2.24. The standard InChI is InChI=1S/C14H21BrFN/c1-3-5-11(10-17-4-2)8-12-6-7-13(15)9-14(12)16/h6-7,9,11,17H,3-5,8,10H2,1-2H3. The second-order valence-electron chi connectivity index (χ2n) is 4.40. The molecule has 0 spiro atoms. The van der Waals surface area contributed by atoms with Gasteiger partial charge in [-0.1, -0.05) is 42.3 Å². The average molecular weight is 302 g/mol. The van der Waals surface area contributed by atoms with Crippen LogP contribution in [-0.2, 0) is 6.42 Å². The van der Waals surface area contributed by atoms with Crippen LogP contribution in [0.3, 0.4) is 0 Å². The normalized spacial score (nSPS) is 12.7. The summed E-state index contributed by atoms with van der Waals surface area (Å²) in [6.45, 7) is 6.23. The van der Waals surface area contributed by atoms with E-state index in [2.05, 4.69) is 35.1 Å². The van der Waals surface area contributed by atoms with Crippen LogP contribution in [0.1, 0.15) is 32.3 Å². The van der Waals surface area contributed by atoms with Gasteiger partial charge < -0.3 is 5.32 Å². The molecule has 1 nitrogen and oxygen atoms in total. The van der Waals surface area contributed by atoms with Gasteiger partial charge in [0.05, 0.1) is 0 Å². The Labute approximate surface area is 112 Å². The van der Waals surface area contributed by atoms with Crippen molar-refractivity contribution in [1.82, 2.24) is 5.32 Å². The quantitative estimate of drug-likeness (QED) is 0.797. The van der Waals surface area contributed by atoms with E-state index < -0.39 is 0 Å². The molecule has 1 N–H and O–H groups in total. The smallest absolute Gasteiger partial charge is 0.127 e. The van der Waals surface area contributed by atoms with Gasteiger partial charge in [-0.15, -0.1) is 0 Å². The molecule has 0 heterocycles. The van der Waals surface area contributed by atoms with E-state index in [1.807, 2.05) is 12.1 Å². The lowest BCUT2D eigenvalue weighted by Gasteiger charge is -2.17. The Morgan fingerprint density at radius 3 is 2.71 bits per heavy atom. The van der Waals surface area contributed by atoms with Crippen LogP contribution >= 0.6 is 15.9 Å². The summed E-state index contributed by atoms with van der Waals surface area (Å²) < 4.78 is 14.5. The predicted octanol–water partition coefficient (Wildman–Crippen LogP) is 4.16. The Morgan fingerprint density at radius 1 is 1.35 bits per heavy atom. The first-order valence-electron chi connectivity index (χ1n) is 6.32. The van der Waals surface area contributed by atoms with Gasteiger partial charge in [-0.3, -0.25) is 0 Å². The molecule has 3 heteroatoms. The minimum Gasteiger partial charge on any atom is -0.317 e. The first kappa shape index (κ1) is 14.7. The molecule has 0 aliphatic carbocycles. The lowest BCUT2D eigenvalue weighted by atomic mass is 9.94. The van der Waals surface area contributed by atoms with Crippen molar-refractivity contribution in [1.29, 1.82) is 0 Å². The molecule has 0 aromatic heterocycles. The third-order valence-electron chi connectivity index (χ3n) is 2.90. The Bertz CT molecular complexity index is 341. The summed E-state index contributed by atoms with van der Waals surface area (Å²) in [5.74, 6) is 0.424. The predicted molar refractivity (Wildman–Crippen MR) is 74.7 cm³/mol. The third kappa shape index (κ3) is 5.17. The van der Waals surface area contributed by atoms with Crippen molar-refractivity contribution in [2.24, 2.45) is 5.92 Å². The zero-order valence-corrected chi connectivity index (χ0v) is 12.2. The number of nitrogens with one attached hydrogen (secondary N) is 1. The van der Waals surface area contributed by atoms with Gasteiger partial charge in [0.2, 0.25) is 0 Å². The van der Waals surface area contributed by atoms with Crippen LogP contribution in [0.4, 0.5) is 4.39 Å². The maximum atomic E-state index is 13.7. The van der Waals surface area contributed by atoms with Crippen molar-refractivity contribution in [3.8, 4) is 0 Å². The van der Waals surface area contributed by atoms with Crippen LogP contribution < -0.4 is 5.32 Å². The van der Waals surface area contributed by atoms with E-state index in [4.69, 9.17) is 0 Å². The van der Waals surface area contributed by atoms with E-state index in [0.717, 1.165) is 42.4 Å². The van der Waals surface area contributed by atoms with E-state index in [1.165, 1.54) is 0 Å². The van der Waals surface area contributed by atoms with Crippen molar-refractivity contribution >= 4 is 15.9 Å². The van der Waals surface area contributed by atoms with Gasteiger partial charge in [-0.25, -0.2) is 4.39 Å². The van der Waals surface area contributed by atoms with E-state index >= 15 is 0 Å². The highest BCUT2D eigenvalue weighted by Crippen LogP contribution is 2.20. The van der Waals surface area contributed by atoms with Crippen molar-refractivity contribution < 1.29 is 4.39 Å². The van der Waals surface area contributed by atoms with E-state index in [9.17, 15) is 4.39 Å². The largest absolute Gasteiger partial charge is 0.317 e. The van der Waals surface area contributed by atoms with Crippen LogP contribution in [0, 0.1) is 11.7 Å². The van der Waals surface area contributed by atoms with Crippen LogP contribution in [0.15, 0.2) is 22.7 Å². The van der Waals surface area contributed by atoms with E-state index in [0.29, 0.717) is 5.92 Å². The SMILES string of the molecule is CCCC(CNCC)Cc1ccc(Br)cc1F. The van der Waals surface area contributed by atoms with Gasteiger partial charge in [0, 0.05) is 4.47 Å². The molecule has 0 saturated heterocycles. The fraction of sp³-hybridized carbons (Fsp3) is 0.571. The van der Waals surface area contributed by atoms with Gasteiger partial charge in [0.15, 0.2) is 0 Å². The van der Waals surface area contributed by atoms with Crippen LogP contribution in [0.5, 0.6) is 0 Å². The summed E-state index contributed by atoms with van der Waals surface area (Å²) in [6, 6.07) is 5.34. The van der Waals surface area contributed by atoms with Gasteiger partial charge in [-0.2, -0.15) is 0 Å². The maximum absolute atomic E-state index is 13.7. The first-order chi connectivity index (χ1) is 8.17. The van der Waals surface area contributed by atoms with E-state index in [1.54, 1.807) is 6.07 Å². The number of benzene rings is 1. The first-order valence-corrected chi connectivity index (χ1v) is 7.11. The molecular weight excluding hydrogens is 281 g/mol. The maximum Gasteiger partial charge on any atom is 0.127 e. The Morgan fingerprint density at radius 2 is 2.12 bits per heavy atom. The summed E-state index contributed by atoms with van der Waals surface area (Å²) in [4.78, 5) is 0. The van der Waals surface area contributed by atoms with Gasteiger partial charge in [0.1, 0.15) is 5.82 Å². The molecule has 1 atom stereocenters. The summed E-state index contributed by atoms with van der Waals surface area (Å²) in [5, 5.41) is 3.35. The molecule has 0 fully saturated rings. The zero-order valence-electron chi connectivity index (χ0n) is 10.6. The number of halogens is 2. The Hall–Kier alpha value is -0.410. The molecule has 1 aromatic carbocycles. The highest BCUT2D eigenvalue weighted by Gasteiger charge is 2.11. The number of hydrogen-bond acceptors (Lipinski definition) is 1. The highest BCUT2D eigenvalue weighted by atomic mass is 79.9. The molecule has 1 aromatic rings. The van der Waals surface area contributed by atoms with Gasteiger partial charge in [-0.05, 0) is 49.5 Å². The highest BCUT2D eigenvalue weighted by molar-refractivity contribution is 9.10. The third-order valence-corrected chi connectivity index (χ3v) is 3.40.